The van der Waals surface area contributed by atoms with Crippen LogP contribution < -0.4 is 5.32 Å². The van der Waals surface area contributed by atoms with E-state index < -0.39 is 23.6 Å². The van der Waals surface area contributed by atoms with Crippen molar-refractivity contribution >= 4 is 11.8 Å². The number of rotatable bonds is 8. The van der Waals surface area contributed by atoms with Gasteiger partial charge < -0.3 is 15.3 Å². The average molecular weight is 487 g/mol. The van der Waals surface area contributed by atoms with Crippen molar-refractivity contribution in [2.45, 2.75) is 90.3 Å². The lowest BCUT2D eigenvalue weighted by atomic mass is 9.85. The van der Waals surface area contributed by atoms with Crippen LogP contribution in [0.15, 0.2) is 6.20 Å². The normalized spacial score (nSPS) is 21.5. The van der Waals surface area contributed by atoms with E-state index in [1.165, 1.54) is 4.90 Å². The number of carbonyl (C=O) groups is 2. The zero-order chi connectivity index (χ0) is 25.5. The second-order valence-electron chi connectivity index (χ2n) is 11.3. The fraction of sp³-hybridized carbons (Fsp3) is 0.750. The number of aromatic nitrogens is 6. The lowest BCUT2D eigenvalue weighted by Crippen LogP contribution is -2.50. The Morgan fingerprint density at radius 3 is 2.57 bits per heavy atom. The molecule has 192 valence electrons. The minimum absolute atomic E-state index is 0.120. The van der Waals surface area contributed by atoms with E-state index in [-0.39, 0.29) is 30.7 Å². The standard InChI is InChI=1S/C24H38N8O3/c1-14(2)21-26-19(30(6)28-21)9-10-25-22(34)18-11-16(33)12-31(18)23(35)20(24(3,4)5)32-13-17(27-29-32)15-7-8-15/h13-16,18,20,33H,7-12H2,1-6H3,(H,25,34)/t16-,18+,20-/m1/s1. The van der Waals surface area contributed by atoms with Crippen molar-refractivity contribution in [2.75, 3.05) is 13.1 Å². The van der Waals surface area contributed by atoms with E-state index in [0.29, 0.717) is 18.9 Å². The largest absolute Gasteiger partial charge is 0.391 e. The van der Waals surface area contributed by atoms with Gasteiger partial charge in [-0.05, 0) is 18.3 Å². The molecule has 0 spiro atoms. The highest BCUT2D eigenvalue weighted by molar-refractivity contribution is 5.90. The maximum absolute atomic E-state index is 13.8. The number of nitrogens with one attached hydrogen (secondary N) is 1. The van der Waals surface area contributed by atoms with Crippen molar-refractivity contribution < 1.29 is 14.7 Å². The molecule has 3 atom stereocenters. The van der Waals surface area contributed by atoms with Gasteiger partial charge in [0.15, 0.2) is 5.82 Å². The summed E-state index contributed by atoms with van der Waals surface area (Å²) < 4.78 is 3.37. The summed E-state index contributed by atoms with van der Waals surface area (Å²) in [6, 6.07) is -1.37. The van der Waals surface area contributed by atoms with Crippen molar-refractivity contribution in [3.8, 4) is 0 Å². The molecule has 2 N–H and O–H groups in total. The molecule has 1 aliphatic heterocycles. The highest BCUT2D eigenvalue weighted by Gasteiger charge is 2.45. The van der Waals surface area contributed by atoms with Gasteiger partial charge in [-0.1, -0.05) is 39.8 Å². The third-order valence-corrected chi connectivity index (χ3v) is 6.74. The van der Waals surface area contributed by atoms with Gasteiger partial charge in [0.05, 0.1) is 11.8 Å². The van der Waals surface area contributed by atoms with E-state index in [1.54, 1.807) is 9.36 Å². The highest BCUT2D eigenvalue weighted by atomic mass is 16.3. The lowest BCUT2D eigenvalue weighted by Gasteiger charge is -2.34. The topological polar surface area (TPSA) is 131 Å². The van der Waals surface area contributed by atoms with Gasteiger partial charge >= 0.3 is 0 Å². The van der Waals surface area contributed by atoms with Crippen molar-refractivity contribution in [3.63, 3.8) is 0 Å². The predicted molar refractivity (Wildman–Crippen MR) is 128 cm³/mol. The highest BCUT2D eigenvalue weighted by Crippen LogP contribution is 2.40. The van der Waals surface area contributed by atoms with Gasteiger partial charge in [0.25, 0.3) is 0 Å². The molecule has 1 saturated heterocycles. The molecule has 2 amide bonds. The summed E-state index contributed by atoms with van der Waals surface area (Å²) in [5, 5.41) is 26.3. The van der Waals surface area contributed by atoms with Gasteiger partial charge in [0.2, 0.25) is 11.8 Å². The molecule has 0 aromatic carbocycles. The van der Waals surface area contributed by atoms with Crippen LogP contribution in [-0.2, 0) is 23.1 Å². The van der Waals surface area contributed by atoms with Gasteiger partial charge in [0, 0.05) is 51.0 Å². The van der Waals surface area contributed by atoms with Crippen LogP contribution >= 0.6 is 0 Å². The molecule has 0 unspecified atom stereocenters. The molecule has 35 heavy (non-hydrogen) atoms. The smallest absolute Gasteiger partial charge is 0.248 e. The number of amides is 2. The van der Waals surface area contributed by atoms with E-state index >= 15 is 0 Å². The monoisotopic (exact) mass is 486 g/mol. The molecule has 4 rings (SSSR count). The summed E-state index contributed by atoms with van der Waals surface area (Å²) in [4.78, 5) is 32.9. The third kappa shape index (κ3) is 5.55. The Kier molecular flexibility index (Phi) is 6.99. The molecule has 1 aliphatic carbocycles. The molecule has 0 bridgehead atoms. The maximum Gasteiger partial charge on any atom is 0.248 e. The summed E-state index contributed by atoms with van der Waals surface area (Å²) in [5.41, 5.74) is 0.451. The quantitative estimate of drug-likeness (QED) is 0.575. The molecule has 11 heteroatoms. The summed E-state index contributed by atoms with van der Waals surface area (Å²) in [5.74, 6) is 1.72. The van der Waals surface area contributed by atoms with Crippen LogP contribution in [0.5, 0.6) is 0 Å². The first-order valence-electron chi connectivity index (χ1n) is 12.5. The first-order valence-corrected chi connectivity index (χ1v) is 12.5. The number of likely N-dealkylation sites (tertiary alicyclic amines) is 1. The second-order valence-corrected chi connectivity index (χ2v) is 11.3. The van der Waals surface area contributed by atoms with E-state index in [4.69, 9.17) is 0 Å². The Hall–Kier alpha value is -2.82. The first-order chi connectivity index (χ1) is 16.5. The number of aliphatic hydroxyl groups is 1. The van der Waals surface area contributed by atoms with E-state index in [0.717, 1.165) is 30.2 Å². The van der Waals surface area contributed by atoms with Gasteiger partial charge in [-0.3, -0.25) is 14.3 Å². The fourth-order valence-electron chi connectivity index (χ4n) is 4.64. The van der Waals surface area contributed by atoms with Crippen LogP contribution in [0, 0.1) is 5.41 Å². The predicted octanol–water partition coefficient (Wildman–Crippen LogP) is 1.32. The molecule has 3 heterocycles. The summed E-state index contributed by atoms with van der Waals surface area (Å²) >= 11 is 0. The number of aryl methyl sites for hydroxylation is 1. The molecule has 0 radical (unpaired) electrons. The number of carbonyl (C=O) groups excluding carboxylic acids is 2. The second kappa shape index (κ2) is 9.67. The number of hydrogen-bond acceptors (Lipinski definition) is 7. The van der Waals surface area contributed by atoms with Crippen LogP contribution in [0.1, 0.15) is 89.1 Å². The molecular weight excluding hydrogens is 448 g/mol. The summed E-state index contributed by atoms with van der Waals surface area (Å²) in [6.45, 7) is 10.5. The van der Waals surface area contributed by atoms with Crippen LogP contribution in [0.2, 0.25) is 0 Å². The van der Waals surface area contributed by atoms with Crippen LogP contribution in [-0.4, -0.2) is 76.8 Å². The Labute approximate surface area is 206 Å². The van der Waals surface area contributed by atoms with E-state index in [9.17, 15) is 14.7 Å². The van der Waals surface area contributed by atoms with E-state index in [1.807, 2.05) is 47.9 Å². The average Bonchev–Trinajstić information content (AvgIpc) is 3.18. The molecular formula is C24H38N8O3. The Bertz CT molecular complexity index is 1070. The van der Waals surface area contributed by atoms with Crippen LogP contribution in [0.25, 0.3) is 0 Å². The molecule has 2 fully saturated rings. The number of nitrogens with zero attached hydrogens (tertiary/aromatic N) is 7. The van der Waals surface area contributed by atoms with Crippen LogP contribution in [0.3, 0.4) is 0 Å². The Morgan fingerprint density at radius 1 is 1.26 bits per heavy atom. The molecule has 1 saturated carbocycles. The number of hydrogen-bond donors (Lipinski definition) is 2. The van der Waals surface area contributed by atoms with Crippen molar-refractivity contribution in [2.24, 2.45) is 12.5 Å². The van der Waals surface area contributed by atoms with Gasteiger partial charge in [-0.25, -0.2) is 9.67 Å². The zero-order valence-corrected chi connectivity index (χ0v) is 21.6. The van der Waals surface area contributed by atoms with Crippen LogP contribution in [0.4, 0.5) is 0 Å². The van der Waals surface area contributed by atoms with Gasteiger partial charge in [-0.2, -0.15) is 5.10 Å². The molecule has 2 aromatic heterocycles. The number of aliphatic hydroxyl groups excluding tert-OH is 1. The van der Waals surface area contributed by atoms with Crippen molar-refractivity contribution in [1.82, 2.24) is 40.0 Å². The Morgan fingerprint density at radius 2 is 1.97 bits per heavy atom. The fourth-order valence-corrected chi connectivity index (χ4v) is 4.64. The lowest BCUT2D eigenvalue weighted by molar-refractivity contribution is -0.144. The summed E-state index contributed by atoms with van der Waals surface area (Å²) in [6.07, 6.45) is 4.04. The molecule has 2 aromatic rings. The Balaban J connectivity index is 1.44. The summed E-state index contributed by atoms with van der Waals surface area (Å²) in [7, 11) is 1.84. The minimum Gasteiger partial charge on any atom is -0.391 e. The molecule has 11 nitrogen and oxygen atoms in total. The SMILES string of the molecule is CC(C)c1nc(CCNC(=O)[C@@H]2C[C@@H](O)CN2C(=O)[C@@H](n2cc(C3CC3)nn2)C(C)(C)C)n(C)n1. The third-order valence-electron chi connectivity index (χ3n) is 6.74. The minimum atomic E-state index is -0.750. The first kappa shape index (κ1) is 25.3. The van der Waals surface area contributed by atoms with Crippen molar-refractivity contribution in [1.29, 1.82) is 0 Å². The maximum atomic E-state index is 13.8. The van der Waals surface area contributed by atoms with Gasteiger partial charge in [0.1, 0.15) is 17.9 Å². The van der Waals surface area contributed by atoms with E-state index in [2.05, 4.69) is 25.7 Å². The van der Waals surface area contributed by atoms with Crippen molar-refractivity contribution in [3.05, 3.63) is 23.5 Å². The van der Waals surface area contributed by atoms with Gasteiger partial charge in [-0.15, -0.1) is 5.10 Å². The zero-order valence-electron chi connectivity index (χ0n) is 21.6. The number of β-amino-alcohol motifs (C(OH)–C–C–N with tert-alkyl or cyclic N) is 1. The molecule has 2 aliphatic rings.